The molecule has 2 rings (SSSR count). The average molecular weight is 433 g/mol. The van der Waals surface area contributed by atoms with Crippen molar-refractivity contribution in [2.75, 3.05) is 20.3 Å². The van der Waals surface area contributed by atoms with Gasteiger partial charge in [-0.05, 0) is 55.3 Å². The van der Waals surface area contributed by atoms with E-state index < -0.39 is 6.04 Å². The number of unbranched alkanes of at least 4 members (excludes halogenated alkanes) is 1. The van der Waals surface area contributed by atoms with Gasteiger partial charge in [-0.1, -0.05) is 37.1 Å². The molecule has 0 spiro atoms. The van der Waals surface area contributed by atoms with Crippen LogP contribution >= 0.6 is 11.6 Å². The Morgan fingerprint density at radius 3 is 2.30 bits per heavy atom. The summed E-state index contributed by atoms with van der Waals surface area (Å²) in [6.07, 6.45) is 1.88. The number of hydrogen-bond donors (Lipinski definition) is 1. The normalized spacial score (nSPS) is 11.5. The number of ether oxygens (including phenoxy) is 2. The van der Waals surface area contributed by atoms with Crippen molar-refractivity contribution in [3.8, 4) is 11.5 Å². The molecular formula is C23H29ClN2O4. The predicted octanol–water partition coefficient (Wildman–Crippen LogP) is 4.06. The summed E-state index contributed by atoms with van der Waals surface area (Å²) in [5.41, 5.74) is 0.880. The van der Waals surface area contributed by atoms with Gasteiger partial charge in [-0.25, -0.2) is 0 Å². The van der Waals surface area contributed by atoms with Crippen molar-refractivity contribution in [2.45, 2.75) is 39.3 Å². The van der Waals surface area contributed by atoms with Gasteiger partial charge >= 0.3 is 0 Å². The second-order valence-electron chi connectivity index (χ2n) is 6.93. The van der Waals surface area contributed by atoms with Crippen molar-refractivity contribution in [2.24, 2.45) is 0 Å². The molecule has 2 amide bonds. The number of nitrogens with zero attached hydrogens (tertiary/aromatic N) is 1. The van der Waals surface area contributed by atoms with E-state index in [0.29, 0.717) is 23.1 Å². The molecule has 2 aromatic carbocycles. The highest BCUT2D eigenvalue weighted by atomic mass is 35.5. The molecule has 0 aliphatic rings. The monoisotopic (exact) mass is 432 g/mol. The highest BCUT2D eigenvalue weighted by molar-refractivity contribution is 6.30. The summed E-state index contributed by atoms with van der Waals surface area (Å²) < 4.78 is 10.8. The lowest BCUT2D eigenvalue weighted by molar-refractivity contribution is -0.142. The van der Waals surface area contributed by atoms with E-state index in [4.69, 9.17) is 21.1 Å². The first-order chi connectivity index (χ1) is 14.4. The van der Waals surface area contributed by atoms with Crippen LogP contribution in [0.4, 0.5) is 0 Å². The summed E-state index contributed by atoms with van der Waals surface area (Å²) in [7, 11) is 1.58. The van der Waals surface area contributed by atoms with Gasteiger partial charge < -0.3 is 19.7 Å². The van der Waals surface area contributed by atoms with Crippen LogP contribution in [0, 0.1) is 0 Å². The lowest BCUT2D eigenvalue weighted by Gasteiger charge is -2.28. The Morgan fingerprint density at radius 1 is 1.07 bits per heavy atom. The fraction of sp³-hybridized carbons (Fsp3) is 0.391. The van der Waals surface area contributed by atoms with Crippen LogP contribution in [-0.2, 0) is 16.1 Å². The van der Waals surface area contributed by atoms with Gasteiger partial charge in [0.05, 0.1) is 7.11 Å². The molecule has 0 aliphatic carbocycles. The predicted molar refractivity (Wildman–Crippen MR) is 118 cm³/mol. The smallest absolute Gasteiger partial charge is 0.261 e. The molecule has 0 fully saturated rings. The highest BCUT2D eigenvalue weighted by Crippen LogP contribution is 2.18. The van der Waals surface area contributed by atoms with Crippen LogP contribution < -0.4 is 14.8 Å². The van der Waals surface area contributed by atoms with Crippen molar-refractivity contribution in [1.82, 2.24) is 10.2 Å². The molecule has 1 unspecified atom stereocenters. The Hall–Kier alpha value is -2.73. The molecule has 0 saturated carbocycles. The summed E-state index contributed by atoms with van der Waals surface area (Å²) in [5.74, 6) is 0.792. The lowest BCUT2D eigenvalue weighted by atomic mass is 10.1. The third kappa shape index (κ3) is 7.26. The van der Waals surface area contributed by atoms with Gasteiger partial charge in [-0.3, -0.25) is 9.59 Å². The minimum atomic E-state index is -0.635. The van der Waals surface area contributed by atoms with Crippen LogP contribution in [0.1, 0.15) is 32.3 Å². The SMILES string of the molecule is CCCCNC(=O)C(C)N(Cc1ccc(Cl)cc1)C(=O)COc1ccc(OC)cc1. The number of hydrogen-bond acceptors (Lipinski definition) is 4. The fourth-order valence-corrected chi connectivity index (χ4v) is 2.93. The van der Waals surface area contributed by atoms with Gasteiger partial charge in [0.2, 0.25) is 5.91 Å². The second kappa shape index (κ2) is 12.1. The van der Waals surface area contributed by atoms with Crippen molar-refractivity contribution >= 4 is 23.4 Å². The molecule has 2 aromatic rings. The van der Waals surface area contributed by atoms with E-state index >= 15 is 0 Å². The average Bonchev–Trinajstić information content (AvgIpc) is 2.77. The molecule has 1 atom stereocenters. The van der Waals surface area contributed by atoms with Crippen molar-refractivity contribution in [3.05, 3.63) is 59.1 Å². The van der Waals surface area contributed by atoms with E-state index in [-0.39, 0.29) is 25.0 Å². The van der Waals surface area contributed by atoms with Gasteiger partial charge in [0.1, 0.15) is 17.5 Å². The zero-order valence-corrected chi connectivity index (χ0v) is 18.4. The van der Waals surface area contributed by atoms with E-state index in [1.54, 1.807) is 50.4 Å². The Bertz CT molecular complexity index is 809. The van der Waals surface area contributed by atoms with E-state index in [1.807, 2.05) is 12.1 Å². The van der Waals surface area contributed by atoms with Gasteiger partial charge in [0, 0.05) is 18.1 Å². The molecule has 0 radical (unpaired) electrons. The number of nitrogens with one attached hydrogen (secondary N) is 1. The second-order valence-corrected chi connectivity index (χ2v) is 7.37. The molecule has 0 heterocycles. The minimum Gasteiger partial charge on any atom is -0.497 e. The van der Waals surface area contributed by atoms with Gasteiger partial charge in [-0.15, -0.1) is 0 Å². The number of halogens is 1. The topological polar surface area (TPSA) is 67.9 Å². The maximum Gasteiger partial charge on any atom is 0.261 e. The van der Waals surface area contributed by atoms with Crippen molar-refractivity contribution in [1.29, 1.82) is 0 Å². The van der Waals surface area contributed by atoms with Crippen LogP contribution in [-0.4, -0.2) is 43.0 Å². The maximum absolute atomic E-state index is 13.0. The van der Waals surface area contributed by atoms with Crippen LogP contribution in [0.5, 0.6) is 11.5 Å². The highest BCUT2D eigenvalue weighted by Gasteiger charge is 2.26. The quantitative estimate of drug-likeness (QED) is 0.544. The molecule has 162 valence electrons. The lowest BCUT2D eigenvalue weighted by Crippen LogP contribution is -2.49. The zero-order valence-electron chi connectivity index (χ0n) is 17.7. The summed E-state index contributed by atoms with van der Waals surface area (Å²) in [6, 6.07) is 13.6. The summed E-state index contributed by atoms with van der Waals surface area (Å²) in [6.45, 7) is 4.48. The van der Waals surface area contributed by atoms with E-state index in [9.17, 15) is 9.59 Å². The van der Waals surface area contributed by atoms with Gasteiger partial charge in [0.15, 0.2) is 6.61 Å². The third-order valence-corrected chi connectivity index (χ3v) is 4.94. The Morgan fingerprint density at radius 2 is 1.70 bits per heavy atom. The van der Waals surface area contributed by atoms with E-state index in [0.717, 1.165) is 18.4 Å². The Balaban J connectivity index is 2.08. The molecule has 1 N–H and O–H groups in total. The van der Waals surface area contributed by atoms with Crippen LogP contribution in [0.3, 0.4) is 0 Å². The molecule has 7 heteroatoms. The number of benzene rings is 2. The summed E-state index contributed by atoms with van der Waals surface area (Å²) >= 11 is 5.96. The van der Waals surface area contributed by atoms with Gasteiger partial charge in [-0.2, -0.15) is 0 Å². The van der Waals surface area contributed by atoms with Gasteiger partial charge in [0.25, 0.3) is 5.91 Å². The molecule has 6 nitrogen and oxygen atoms in total. The Labute approximate surface area is 183 Å². The van der Waals surface area contributed by atoms with Crippen molar-refractivity contribution < 1.29 is 19.1 Å². The largest absolute Gasteiger partial charge is 0.497 e. The molecular weight excluding hydrogens is 404 g/mol. The summed E-state index contributed by atoms with van der Waals surface area (Å²) in [5, 5.41) is 3.51. The fourth-order valence-electron chi connectivity index (χ4n) is 2.81. The standard InChI is InChI=1S/C23H29ClN2O4/c1-4-5-14-25-23(28)17(2)26(15-18-6-8-19(24)9-7-18)22(27)16-30-21-12-10-20(29-3)11-13-21/h6-13,17H,4-5,14-16H2,1-3H3,(H,25,28). The number of amides is 2. The van der Waals surface area contributed by atoms with Crippen LogP contribution in [0.15, 0.2) is 48.5 Å². The minimum absolute atomic E-state index is 0.174. The number of rotatable bonds is 11. The van der Waals surface area contributed by atoms with Crippen molar-refractivity contribution in [3.63, 3.8) is 0 Å². The number of carbonyl (C=O) groups excluding carboxylic acids is 2. The van der Waals surface area contributed by atoms with E-state index in [1.165, 1.54) is 4.90 Å². The molecule has 0 aliphatic heterocycles. The van der Waals surface area contributed by atoms with E-state index in [2.05, 4.69) is 12.2 Å². The van der Waals surface area contributed by atoms with Crippen LogP contribution in [0.25, 0.3) is 0 Å². The summed E-state index contributed by atoms with van der Waals surface area (Å²) in [4.78, 5) is 27.1. The van der Waals surface area contributed by atoms with Crippen LogP contribution in [0.2, 0.25) is 5.02 Å². The molecule has 0 aromatic heterocycles. The maximum atomic E-state index is 13.0. The number of carbonyl (C=O) groups is 2. The molecule has 0 saturated heterocycles. The molecule has 30 heavy (non-hydrogen) atoms. The third-order valence-electron chi connectivity index (χ3n) is 4.68. The molecule has 0 bridgehead atoms. The first-order valence-electron chi connectivity index (χ1n) is 10.0. The number of methoxy groups -OCH3 is 1. The zero-order chi connectivity index (χ0) is 21.9. The first-order valence-corrected chi connectivity index (χ1v) is 10.4. The Kier molecular flexibility index (Phi) is 9.48. The first kappa shape index (κ1) is 23.5.